The van der Waals surface area contributed by atoms with Gasteiger partial charge in [-0.05, 0) is 6.54 Å². The van der Waals surface area contributed by atoms with Gasteiger partial charge in [0.25, 0.3) is 0 Å². The highest BCUT2D eigenvalue weighted by atomic mass is 32.2. The molecule has 3 atom stereocenters. The minimum Gasteiger partial charge on any atom is -0.379 e. The summed E-state index contributed by atoms with van der Waals surface area (Å²) >= 11 is 1.60. The standard InChI is InChI=1S/C13H24N2O4S2/c1-3-14-11-8-19-7-10(11)13(16)15-5-6-20-9-12(15)21(17,18)4-2/h10-12,14H,3-9H2,1-2H3. The van der Waals surface area contributed by atoms with E-state index in [2.05, 4.69) is 5.32 Å². The molecular weight excluding hydrogens is 312 g/mol. The second-order valence-corrected chi connectivity index (χ2v) is 8.92. The molecule has 0 aromatic heterocycles. The fraction of sp³-hybridized carbons (Fsp3) is 0.923. The molecule has 0 aliphatic carbocycles. The van der Waals surface area contributed by atoms with Crippen LogP contribution in [0.15, 0.2) is 0 Å². The van der Waals surface area contributed by atoms with Crippen LogP contribution in [0.2, 0.25) is 0 Å². The lowest BCUT2D eigenvalue weighted by Gasteiger charge is -2.37. The van der Waals surface area contributed by atoms with Gasteiger partial charge in [-0.2, -0.15) is 11.8 Å². The van der Waals surface area contributed by atoms with Crippen LogP contribution in [0, 0.1) is 5.92 Å². The number of carbonyl (C=O) groups is 1. The van der Waals surface area contributed by atoms with Gasteiger partial charge in [0.1, 0.15) is 5.37 Å². The Morgan fingerprint density at radius 1 is 1.38 bits per heavy atom. The molecule has 2 fully saturated rings. The summed E-state index contributed by atoms with van der Waals surface area (Å²) in [6, 6.07) is -0.0120. The van der Waals surface area contributed by atoms with Gasteiger partial charge in [-0.1, -0.05) is 13.8 Å². The fourth-order valence-electron chi connectivity index (χ4n) is 2.80. The van der Waals surface area contributed by atoms with E-state index < -0.39 is 15.2 Å². The smallest absolute Gasteiger partial charge is 0.230 e. The maximum atomic E-state index is 12.8. The molecule has 0 aromatic rings. The van der Waals surface area contributed by atoms with Crippen LogP contribution in [0.1, 0.15) is 13.8 Å². The molecule has 2 rings (SSSR count). The molecule has 2 heterocycles. The van der Waals surface area contributed by atoms with E-state index in [9.17, 15) is 13.2 Å². The van der Waals surface area contributed by atoms with Gasteiger partial charge in [0.2, 0.25) is 5.91 Å². The summed E-state index contributed by atoms with van der Waals surface area (Å²) in [5.41, 5.74) is 0. The summed E-state index contributed by atoms with van der Waals surface area (Å²) in [5, 5.41) is 2.57. The molecule has 8 heteroatoms. The number of nitrogens with one attached hydrogen (secondary N) is 1. The summed E-state index contributed by atoms with van der Waals surface area (Å²) in [5.74, 6) is 0.977. The van der Waals surface area contributed by atoms with Crippen LogP contribution in [-0.4, -0.2) is 74.2 Å². The van der Waals surface area contributed by atoms with Crippen molar-refractivity contribution in [3.63, 3.8) is 0 Å². The molecule has 2 aliphatic heterocycles. The van der Waals surface area contributed by atoms with Crippen LogP contribution >= 0.6 is 11.8 Å². The average Bonchev–Trinajstić information content (AvgIpc) is 2.95. The summed E-state index contributed by atoms with van der Waals surface area (Å²) < 4.78 is 29.9. The lowest BCUT2D eigenvalue weighted by atomic mass is 10.0. The molecule has 122 valence electrons. The fourth-order valence-corrected chi connectivity index (χ4v) is 5.77. The average molecular weight is 336 g/mol. The highest BCUT2D eigenvalue weighted by Crippen LogP contribution is 2.25. The third-order valence-corrected chi connectivity index (χ3v) is 7.34. The second-order valence-electron chi connectivity index (χ2n) is 5.32. The van der Waals surface area contributed by atoms with Gasteiger partial charge in [0, 0.05) is 29.8 Å². The maximum Gasteiger partial charge on any atom is 0.230 e. The van der Waals surface area contributed by atoms with Crippen molar-refractivity contribution < 1.29 is 17.9 Å². The van der Waals surface area contributed by atoms with Crippen molar-refractivity contribution in [2.75, 3.05) is 43.6 Å². The molecule has 0 spiro atoms. The summed E-state index contributed by atoms with van der Waals surface area (Å²) in [4.78, 5) is 14.4. The Bertz CT molecular complexity index is 469. The summed E-state index contributed by atoms with van der Waals surface area (Å²) in [7, 11) is -3.25. The van der Waals surface area contributed by atoms with Crippen molar-refractivity contribution in [2.24, 2.45) is 5.92 Å². The molecule has 0 aromatic carbocycles. The number of rotatable bonds is 5. The van der Waals surface area contributed by atoms with Crippen molar-refractivity contribution in [3.8, 4) is 0 Å². The molecule has 6 nitrogen and oxygen atoms in total. The van der Waals surface area contributed by atoms with Crippen molar-refractivity contribution in [1.29, 1.82) is 0 Å². The monoisotopic (exact) mass is 336 g/mol. The molecule has 1 amide bonds. The van der Waals surface area contributed by atoms with E-state index in [1.54, 1.807) is 23.6 Å². The van der Waals surface area contributed by atoms with E-state index in [0.717, 1.165) is 12.3 Å². The van der Waals surface area contributed by atoms with Crippen LogP contribution in [0.5, 0.6) is 0 Å². The first-order valence-corrected chi connectivity index (χ1v) is 10.3. The number of carbonyl (C=O) groups excluding carboxylic acids is 1. The minimum atomic E-state index is -3.25. The number of nitrogens with zero attached hydrogens (tertiary/aromatic N) is 1. The number of likely N-dealkylation sites (N-methyl/N-ethyl adjacent to an activating group) is 1. The molecular formula is C13H24N2O4S2. The molecule has 2 aliphatic rings. The number of hydrogen-bond donors (Lipinski definition) is 1. The first-order valence-electron chi connectivity index (χ1n) is 7.42. The molecule has 2 saturated heterocycles. The van der Waals surface area contributed by atoms with Crippen LogP contribution in [0.3, 0.4) is 0 Å². The zero-order chi connectivity index (χ0) is 15.5. The number of amides is 1. The Kier molecular flexibility index (Phi) is 5.93. The topological polar surface area (TPSA) is 75.7 Å². The number of hydrogen-bond acceptors (Lipinski definition) is 6. The predicted octanol–water partition coefficient (Wildman–Crippen LogP) is -0.0529. The van der Waals surface area contributed by atoms with Gasteiger partial charge in [0.15, 0.2) is 9.84 Å². The Morgan fingerprint density at radius 2 is 2.14 bits per heavy atom. The lowest BCUT2D eigenvalue weighted by molar-refractivity contribution is -0.136. The third kappa shape index (κ3) is 3.72. The van der Waals surface area contributed by atoms with Crippen molar-refractivity contribution in [1.82, 2.24) is 10.2 Å². The highest BCUT2D eigenvalue weighted by Gasteiger charge is 2.42. The second kappa shape index (κ2) is 7.30. The number of thioether (sulfide) groups is 1. The largest absolute Gasteiger partial charge is 0.379 e. The highest BCUT2D eigenvalue weighted by molar-refractivity contribution is 8.01. The Morgan fingerprint density at radius 3 is 2.81 bits per heavy atom. The Balaban J connectivity index is 2.15. The van der Waals surface area contributed by atoms with Gasteiger partial charge in [-0.3, -0.25) is 4.79 Å². The molecule has 0 radical (unpaired) electrons. The van der Waals surface area contributed by atoms with Gasteiger partial charge < -0.3 is 15.0 Å². The van der Waals surface area contributed by atoms with E-state index in [0.29, 0.717) is 25.5 Å². The van der Waals surface area contributed by atoms with Crippen LogP contribution < -0.4 is 5.32 Å². The molecule has 1 N–H and O–H groups in total. The van der Waals surface area contributed by atoms with Gasteiger partial charge >= 0.3 is 0 Å². The zero-order valence-electron chi connectivity index (χ0n) is 12.6. The van der Waals surface area contributed by atoms with Crippen molar-refractivity contribution >= 4 is 27.5 Å². The van der Waals surface area contributed by atoms with Gasteiger partial charge in [-0.25, -0.2) is 8.42 Å². The normalized spacial score (nSPS) is 30.6. The van der Waals surface area contributed by atoms with Crippen LogP contribution in [0.25, 0.3) is 0 Å². The SMILES string of the molecule is CCNC1COCC1C(=O)N1CCSCC1S(=O)(=O)CC. The number of ether oxygens (including phenoxy) is 1. The van der Waals surface area contributed by atoms with Crippen LogP contribution in [-0.2, 0) is 19.4 Å². The molecule has 0 saturated carbocycles. The van der Waals surface area contributed by atoms with E-state index >= 15 is 0 Å². The van der Waals surface area contributed by atoms with Crippen LogP contribution in [0.4, 0.5) is 0 Å². The quantitative estimate of drug-likeness (QED) is 0.758. The van der Waals surface area contributed by atoms with Gasteiger partial charge in [-0.15, -0.1) is 0 Å². The van der Waals surface area contributed by atoms with E-state index in [4.69, 9.17) is 4.74 Å². The first kappa shape index (κ1) is 17.1. The van der Waals surface area contributed by atoms with Crippen molar-refractivity contribution in [3.05, 3.63) is 0 Å². The maximum absolute atomic E-state index is 12.8. The van der Waals surface area contributed by atoms with Gasteiger partial charge in [0.05, 0.1) is 19.1 Å². The summed E-state index contributed by atoms with van der Waals surface area (Å²) in [6.07, 6.45) is 0. The Hall–Kier alpha value is -0.310. The van der Waals surface area contributed by atoms with E-state index in [1.165, 1.54) is 0 Å². The van der Waals surface area contributed by atoms with E-state index in [1.807, 2.05) is 6.92 Å². The number of sulfone groups is 1. The molecule has 0 bridgehead atoms. The minimum absolute atomic E-state index is 0.0120. The lowest BCUT2D eigenvalue weighted by Crippen LogP contribution is -2.55. The third-order valence-electron chi connectivity index (χ3n) is 4.05. The first-order chi connectivity index (χ1) is 10.0. The summed E-state index contributed by atoms with van der Waals surface area (Å²) in [6.45, 7) is 5.78. The Labute approximate surface area is 130 Å². The zero-order valence-corrected chi connectivity index (χ0v) is 14.2. The van der Waals surface area contributed by atoms with E-state index in [-0.39, 0.29) is 23.6 Å². The predicted molar refractivity (Wildman–Crippen MR) is 84.1 cm³/mol. The van der Waals surface area contributed by atoms with Crippen molar-refractivity contribution in [2.45, 2.75) is 25.3 Å². The molecule has 21 heavy (non-hydrogen) atoms. The molecule has 3 unspecified atom stereocenters.